The summed E-state index contributed by atoms with van der Waals surface area (Å²) in [4.78, 5) is 1.92. The quantitative estimate of drug-likeness (QED) is 0.852. The van der Waals surface area contributed by atoms with E-state index in [1.54, 1.807) is 0 Å². The maximum Gasteiger partial charge on any atom is 0.393 e. The van der Waals surface area contributed by atoms with E-state index in [0.717, 1.165) is 0 Å². The molecule has 0 aromatic heterocycles. The van der Waals surface area contributed by atoms with Crippen molar-refractivity contribution in [3.8, 4) is 0 Å². The van der Waals surface area contributed by atoms with Crippen LogP contribution in [0.2, 0.25) is 0 Å². The van der Waals surface area contributed by atoms with Gasteiger partial charge in [0.15, 0.2) is 0 Å². The van der Waals surface area contributed by atoms with E-state index in [1.165, 1.54) is 0 Å². The molecule has 2 N–H and O–H groups in total. The lowest BCUT2D eigenvalue weighted by atomic mass is 9.82. The second-order valence-corrected chi connectivity index (χ2v) is 7.58. The molecule has 0 aliphatic carbocycles. The first-order valence-corrected chi connectivity index (χ1v) is 7.68. The van der Waals surface area contributed by atoms with Gasteiger partial charge >= 0.3 is 6.18 Å². The van der Waals surface area contributed by atoms with Crippen molar-refractivity contribution in [2.45, 2.75) is 64.0 Å². The third-order valence-corrected chi connectivity index (χ3v) is 5.08. The molecular weight excluding hydrogens is 281 g/mol. The Morgan fingerprint density at radius 1 is 1.19 bits per heavy atom. The molecule has 2 fully saturated rings. The van der Waals surface area contributed by atoms with Crippen molar-refractivity contribution in [3.05, 3.63) is 0 Å². The third-order valence-electron chi connectivity index (χ3n) is 5.08. The van der Waals surface area contributed by atoms with Gasteiger partial charge in [-0.15, -0.1) is 0 Å². The van der Waals surface area contributed by atoms with Crippen LogP contribution in [0.5, 0.6) is 0 Å². The van der Waals surface area contributed by atoms with Crippen LogP contribution >= 0.6 is 0 Å². The minimum Gasteiger partial charge on any atom is -0.368 e. The Bertz CT molecular complexity index is 382. The molecule has 21 heavy (non-hydrogen) atoms. The van der Waals surface area contributed by atoms with Crippen LogP contribution in [-0.4, -0.2) is 48.0 Å². The van der Waals surface area contributed by atoms with E-state index >= 15 is 0 Å². The lowest BCUT2D eigenvalue weighted by molar-refractivity contribution is -0.187. The Labute approximate surface area is 125 Å². The van der Waals surface area contributed by atoms with Crippen LogP contribution in [0, 0.1) is 11.8 Å². The van der Waals surface area contributed by atoms with Crippen molar-refractivity contribution in [1.82, 2.24) is 4.90 Å². The van der Waals surface area contributed by atoms with Crippen molar-refractivity contribution in [2.24, 2.45) is 17.6 Å². The Kier molecular flexibility index (Phi) is 4.37. The molecule has 0 radical (unpaired) electrons. The van der Waals surface area contributed by atoms with Crippen molar-refractivity contribution < 1.29 is 17.9 Å². The summed E-state index contributed by atoms with van der Waals surface area (Å²) in [6, 6.07) is -0.168. The highest BCUT2D eigenvalue weighted by atomic mass is 19.4. The monoisotopic (exact) mass is 308 g/mol. The highest BCUT2D eigenvalue weighted by molar-refractivity contribution is 5.05. The van der Waals surface area contributed by atoms with Gasteiger partial charge in [0.1, 0.15) is 0 Å². The molecule has 0 saturated carbocycles. The number of likely N-dealkylation sites (tertiary alicyclic amines) is 1. The third kappa shape index (κ3) is 3.54. The Balaban J connectivity index is 2.04. The summed E-state index contributed by atoms with van der Waals surface area (Å²) in [5, 5.41) is 0. The molecule has 0 amide bonds. The number of nitrogens with zero attached hydrogens (tertiary/aromatic N) is 1. The van der Waals surface area contributed by atoms with Crippen LogP contribution in [0.15, 0.2) is 0 Å². The van der Waals surface area contributed by atoms with Gasteiger partial charge in [-0.3, -0.25) is 0 Å². The zero-order chi connectivity index (χ0) is 16.1. The van der Waals surface area contributed by atoms with Crippen molar-refractivity contribution in [1.29, 1.82) is 0 Å². The molecule has 2 heterocycles. The second kappa shape index (κ2) is 5.39. The van der Waals surface area contributed by atoms with E-state index < -0.39 is 23.3 Å². The number of hydrogen-bond acceptors (Lipinski definition) is 3. The summed E-state index contributed by atoms with van der Waals surface area (Å²) in [7, 11) is 0. The first-order chi connectivity index (χ1) is 9.43. The normalized spacial score (nSPS) is 36.9. The lowest BCUT2D eigenvalue weighted by Gasteiger charge is -2.38. The molecule has 0 spiro atoms. The van der Waals surface area contributed by atoms with Gasteiger partial charge in [0, 0.05) is 25.0 Å². The van der Waals surface area contributed by atoms with Crippen LogP contribution < -0.4 is 5.73 Å². The molecule has 3 unspecified atom stereocenters. The van der Waals surface area contributed by atoms with Gasteiger partial charge in [-0.2, -0.15) is 13.2 Å². The maximum absolute atomic E-state index is 12.9. The van der Waals surface area contributed by atoms with Crippen LogP contribution in [0.25, 0.3) is 0 Å². The second-order valence-electron chi connectivity index (χ2n) is 7.58. The number of hydrogen-bond donors (Lipinski definition) is 1. The van der Waals surface area contributed by atoms with Crippen LogP contribution in [-0.2, 0) is 4.74 Å². The van der Waals surface area contributed by atoms with E-state index in [-0.39, 0.29) is 24.9 Å². The van der Waals surface area contributed by atoms with Gasteiger partial charge in [-0.1, -0.05) is 0 Å². The molecule has 0 bridgehead atoms. The average Bonchev–Trinajstić information content (AvgIpc) is 2.47. The van der Waals surface area contributed by atoms with E-state index in [2.05, 4.69) is 0 Å². The molecule has 124 valence electrons. The highest BCUT2D eigenvalue weighted by Crippen LogP contribution is 2.42. The number of piperidine rings is 1. The van der Waals surface area contributed by atoms with Gasteiger partial charge in [-0.25, -0.2) is 0 Å². The zero-order valence-corrected chi connectivity index (χ0v) is 13.3. The highest BCUT2D eigenvalue weighted by Gasteiger charge is 2.53. The first-order valence-electron chi connectivity index (χ1n) is 7.68. The van der Waals surface area contributed by atoms with Crippen molar-refractivity contribution >= 4 is 0 Å². The minimum atomic E-state index is -4.10. The molecule has 6 heteroatoms. The smallest absolute Gasteiger partial charge is 0.368 e. The van der Waals surface area contributed by atoms with Gasteiger partial charge in [0.05, 0.1) is 17.1 Å². The van der Waals surface area contributed by atoms with E-state index in [4.69, 9.17) is 10.5 Å². The zero-order valence-electron chi connectivity index (χ0n) is 13.3. The Hall–Kier alpha value is -0.330. The number of rotatable bonds is 2. The SMILES string of the molecule is CC1(C)OC(C)(C)C(CN2CCCC(C(F)(F)F)C2)C1N. The van der Waals surface area contributed by atoms with E-state index in [0.29, 0.717) is 19.5 Å². The van der Waals surface area contributed by atoms with Gasteiger partial charge in [0.2, 0.25) is 0 Å². The molecule has 0 aromatic rings. The number of halogens is 3. The van der Waals surface area contributed by atoms with Crippen LogP contribution in [0.3, 0.4) is 0 Å². The van der Waals surface area contributed by atoms with Gasteiger partial charge < -0.3 is 15.4 Å². The summed E-state index contributed by atoms with van der Waals surface area (Å²) < 4.78 is 44.7. The summed E-state index contributed by atoms with van der Waals surface area (Å²) in [6.45, 7) is 9.25. The molecular formula is C15H27F3N2O. The maximum atomic E-state index is 12.9. The molecule has 2 saturated heterocycles. The minimum absolute atomic E-state index is 0.0412. The molecule has 3 atom stereocenters. The molecule has 2 aliphatic heterocycles. The van der Waals surface area contributed by atoms with E-state index in [1.807, 2.05) is 32.6 Å². The predicted molar refractivity (Wildman–Crippen MR) is 75.9 cm³/mol. The average molecular weight is 308 g/mol. The summed E-state index contributed by atoms with van der Waals surface area (Å²) in [5.74, 6) is -1.17. The Morgan fingerprint density at radius 3 is 2.29 bits per heavy atom. The molecule has 3 nitrogen and oxygen atoms in total. The summed E-state index contributed by atoms with van der Waals surface area (Å²) in [6.07, 6.45) is -3.26. The largest absolute Gasteiger partial charge is 0.393 e. The van der Waals surface area contributed by atoms with Crippen LogP contribution in [0.1, 0.15) is 40.5 Å². The first kappa shape index (κ1) is 17.0. The molecule has 0 aromatic carbocycles. The fourth-order valence-corrected chi connectivity index (χ4v) is 3.84. The number of alkyl halides is 3. The van der Waals surface area contributed by atoms with Gasteiger partial charge in [0.25, 0.3) is 0 Å². The number of ether oxygens (including phenoxy) is 1. The fraction of sp³-hybridized carbons (Fsp3) is 1.00. The molecule has 2 rings (SSSR count). The lowest BCUT2D eigenvalue weighted by Crippen LogP contribution is -2.51. The van der Waals surface area contributed by atoms with Crippen molar-refractivity contribution in [3.63, 3.8) is 0 Å². The Morgan fingerprint density at radius 2 is 1.81 bits per heavy atom. The van der Waals surface area contributed by atoms with E-state index in [9.17, 15) is 13.2 Å². The van der Waals surface area contributed by atoms with Crippen molar-refractivity contribution in [2.75, 3.05) is 19.6 Å². The van der Waals surface area contributed by atoms with Crippen LogP contribution in [0.4, 0.5) is 13.2 Å². The fourth-order valence-electron chi connectivity index (χ4n) is 3.84. The summed E-state index contributed by atoms with van der Waals surface area (Å²) >= 11 is 0. The predicted octanol–water partition coefficient (Wildman–Crippen LogP) is 2.79. The number of nitrogens with two attached hydrogens (primary N) is 1. The topological polar surface area (TPSA) is 38.5 Å². The summed E-state index contributed by atoms with van der Waals surface area (Å²) in [5.41, 5.74) is 5.45. The standard InChI is InChI=1S/C15H27F3N2O/c1-13(2)11(12(19)14(3,4)21-13)9-20-7-5-6-10(8-20)15(16,17)18/h10-12H,5-9,19H2,1-4H3. The molecule has 2 aliphatic rings. The van der Waals surface area contributed by atoms with Gasteiger partial charge in [-0.05, 0) is 47.1 Å².